The summed E-state index contributed by atoms with van der Waals surface area (Å²) in [6, 6.07) is 6.16. The number of carboxylic acids is 1. The number of carboxylic acid groups (broad SMARTS) is 1. The lowest BCUT2D eigenvalue weighted by Crippen LogP contribution is -2.36. The molecular weight excluding hydrogens is 196 g/mol. The number of hydrogen-bond acceptors (Lipinski definition) is 4. The normalized spacial score (nSPS) is 25.3. The molecule has 0 aromatic heterocycles. The largest absolute Gasteiger partial charge is 0.508 e. The van der Waals surface area contributed by atoms with Crippen molar-refractivity contribution in [1.82, 2.24) is 10.9 Å². The van der Waals surface area contributed by atoms with Crippen LogP contribution in [0.1, 0.15) is 18.0 Å². The molecule has 5 heteroatoms. The number of aliphatic carboxylic acids is 1. The van der Waals surface area contributed by atoms with Crippen molar-refractivity contribution in [3.63, 3.8) is 0 Å². The fourth-order valence-electron chi connectivity index (χ4n) is 1.68. The van der Waals surface area contributed by atoms with Gasteiger partial charge < -0.3 is 10.2 Å². The Morgan fingerprint density at radius 2 is 2.20 bits per heavy atom. The minimum absolute atomic E-state index is 0.0711. The van der Waals surface area contributed by atoms with Gasteiger partial charge in [0.1, 0.15) is 11.8 Å². The van der Waals surface area contributed by atoms with Crippen molar-refractivity contribution < 1.29 is 15.0 Å². The zero-order valence-electron chi connectivity index (χ0n) is 7.97. The van der Waals surface area contributed by atoms with E-state index in [0.717, 1.165) is 5.56 Å². The van der Waals surface area contributed by atoms with E-state index in [4.69, 9.17) is 5.11 Å². The summed E-state index contributed by atoms with van der Waals surface area (Å²) in [5.41, 5.74) is 6.46. The first-order chi connectivity index (χ1) is 7.16. The van der Waals surface area contributed by atoms with Crippen LogP contribution in [0, 0.1) is 0 Å². The topological polar surface area (TPSA) is 81.6 Å². The predicted octanol–water partition coefficient (Wildman–Crippen LogP) is 0.384. The number of phenols is 1. The number of phenolic OH excluding ortho intramolecular Hbond substituents is 1. The fourth-order valence-corrected chi connectivity index (χ4v) is 1.68. The van der Waals surface area contributed by atoms with E-state index in [0.29, 0.717) is 6.42 Å². The second kappa shape index (κ2) is 3.88. The van der Waals surface area contributed by atoms with E-state index in [-0.39, 0.29) is 11.8 Å². The Hall–Kier alpha value is -1.59. The van der Waals surface area contributed by atoms with Crippen molar-refractivity contribution in [2.45, 2.75) is 18.5 Å². The summed E-state index contributed by atoms with van der Waals surface area (Å²) in [7, 11) is 0. The van der Waals surface area contributed by atoms with Crippen molar-refractivity contribution in [2.75, 3.05) is 0 Å². The number of hydrazine groups is 1. The van der Waals surface area contributed by atoms with Gasteiger partial charge in [0.25, 0.3) is 0 Å². The molecule has 0 spiro atoms. The van der Waals surface area contributed by atoms with Crippen LogP contribution >= 0.6 is 0 Å². The molecule has 2 atom stereocenters. The molecule has 1 aliphatic rings. The van der Waals surface area contributed by atoms with Crippen LogP contribution in [-0.2, 0) is 4.79 Å². The highest BCUT2D eigenvalue weighted by Gasteiger charge is 2.29. The second-order valence-electron chi connectivity index (χ2n) is 3.56. The molecule has 2 unspecified atom stereocenters. The van der Waals surface area contributed by atoms with E-state index in [9.17, 15) is 9.90 Å². The lowest BCUT2D eigenvalue weighted by molar-refractivity contribution is -0.139. The minimum Gasteiger partial charge on any atom is -0.508 e. The minimum atomic E-state index is -0.870. The summed E-state index contributed by atoms with van der Waals surface area (Å²) in [4.78, 5) is 10.7. The number of nitrogens with one attached hydrogen (secondary N) is 2. The van der Waals surface area contributed by atoms with Gasteiger partial charge in [-0.1, -0.05) is 12.1 Å². The van der Waals surface area contributed by atoms with Gasteiger partial charge >= 0.3 is 5.97 Å². The van der Waals surface area contributed by atoms with Gasteiger partial charge in [-0.3, -0.25) is 4.79 Å². The molecule has 80 valence electrons. The van der Waals surface area contributed by atoms with Crippen LogP contribution in [0.25, 0.3) is 0 Å². The Labute approximate surface area is 86.7 Å². The molecule has 1 saturated heterocycles. The molecule has 0 aliphatic carbocycles. The van der Waals surface area contributed by atoms with Gasteiger partial charge in [-0.15, -0.1) is 0 Å². The lowest BCUT2D eigenvalue weighted by atomic mass is 10.0. The maximum Gasteiger partial charge on any atom is 0.322 e. The van der Waals surface area contributed by atoms with Gasteiger partial charge in [0.2, 0.25) is 0 Å². The zero-order valence-corrected chi connectivity index (χ0v) is 7.97. The Bertz CT molecular complexity index is 381. The quantitative estimate of drug-likeness (QED) is 0.565. The molecule has 2 rings (SSSR count). The molecule has 15 heavy (non-hydrogen) atoms. The van der Waals surface area contributed by atoms with E-state index in [2.05, 4.69) is 10.9 Å². The van der Waals surface area contributed by atoms with Crippen LogP contribution in [-0.4, -0.2) is 22.2 Å². The van der Waals surface area contributed by atoms with Crippen molar-refractivity contribution in [3.8, 4) is 5.75 Å². The molecule has 5 nitrogen and oxygen atoms in total. The molecular formula is C10H12N2O3. The molecule has 0 saturated carbocycles. The summed E-state index contributed by atoms with van der Waals surface area (Å²) in [5, 5.41) is 18.1. The average Bonchev–Trinajstić information content (AvgIpc) is 2.66. The van der Waals surface area contributed by atoms with Crippen molar-refractivity contribution in [2.24, 2.45) is 0 Å². The standard InChI is InChI=1S/C10H12N2O3/c13-7-3-1-2-6(4-7)8-5-9(10(14)15)12-11-8/h1-4,8-9,11-13H,5H2,(H,14,15). The average molecular weight is 208 g/mol. The molecule has 1 heterocycles. The SMILES string of the molecule is O=C(O)C1CC(c2cccc(O)c2)NN1. The van der Waals surface area contributed by atoms with Crippen LogP contribution in [0.5, 0.6) is 5.75 Å². The fraction of sp³-hybridized carbons (Fsp3) is 0.300. The number of benzene rings is 1. The number of aromatic hydroxyl groups is 1. The molecule has 0 radical (unpaired) electrons. The van der Waals surface area contributed by atoms with Crippen LogP contribution in [0.4, 0.5) is 0 Å². The zero-order chi connectivity index (χ0) is 10.8. The van der Waals surface area contributed by atoms with Crippen molar-refractivity contribution in [1.29, 1.82) is 0 Å². The molecule has 1 aromatic rings. The third-order valence-corrected chi connectivity index (χ3v) is 2.47. The molecule has 4 N–H and O–H groups in total. The monoisotopic (exact) mass is 208 g/mol. The van der Waals surface area contributed by atoms with E-state index in [1.54, 1.807) is 18.2 Å². The molecule has 1 aliphatic heterocycles. The summed E-state index contributed by atoms with van der Waals surface area (Å²) >= 11 is 0. The highest BCUT2D eigenvalue weighted by atomic mass is 16.4. The molecule has 1 fully saturated rings. The van der Waals surface area contributed by atoms with E-state index < -0.39 is 12.0 Å². The number of carbonyl (C=O) groups is 1. The van der Waals surface area contributed by atoms with Crippen LogP contribution < -0.4 is 10.9 Å². The summed E-state index contributed by atoms with van der Waals surface area (Å²) < 4.78 is 0. The van der Waals surface area contributed by atoms with Gasteiger partial charge in [0.05, 0.1) is 0 Å². The van der Waals surface area contributed by atoms with Gasteiger partial charge in [0.15, 0.2) is 0 Å². The summed E-state index contributed by atoms with van der Waals surface area (Å²) in [6.07, 6.45) is 0.471. The summed E-state index contributed by atoms with van der Waals surface area (Å²) in [5.74, 6) is -0.682. The van der Waals surface area contributed by atoms with Crippen molar-refractivity contribution >= 4 is 5.97 Å². The van der Waals surface area contributed by atoms with Gasteiger partial charge in [-0.25, -0.2) is 10.9 Å². The highest BCUT2D eigenvalue weighted by Crippen LogP contribution is 2.24. The maximum absolute atomic E-state index is 10.7. The molecule has 1 aromatic carbocycles. The second-order valence-corrected chi connectivity index (χ2v) is 3.56. The number of rotatable bonds is 2. The van der Waals surface area contributed by atoms with Crippen LogP contribution in [0.3, 0.4) is 0 Å². The van der Waals surface area contributed by atoms with Gasteiger partial charge in [-0.2, -0.15) is 0 Å². The molecule has 0 bridgehead atoms. The maximum atomic E-state index is 10.7. The van der Waals surface area contributed by atoms with E-state index in [1.807, 2.05) is 6.07 Å². The first-order valence-corrected chi connectivity index (χ1v) is 4.69. The van der Waals surface area contributed by atoms with Gasteiger partial charge in [0, 0.05) is 6.04 Å². The third kappa shape index (κ3) is 2.08. The Balaban J connectivity index is 2.11. The Morgan fingerprint density at radius 1 is 1.40 bits per heavy atom. The van der Waals surface area contributed by atoms with Crippen molar-refractivity contribution in [3.05, 3.63) is 29.8 Å². The van der Waals surface area contributed by atoms with E-state index >= 15 is 0 Å². The lowest BCUT2D eigenvalue weighted by Gasteiger charge is -2.09. The Morgan fingerprint density at radius 3 is 2.80 bits per heavy atom. The summed E-state index contributed by atoms with van der Waals surface area (Å²) in [6.45, 7) is 0. The first-order valence-electron chi connectivity index (χ1n) is 4.69. The predicted molar refractivity (Wildman–Crippen MR) is 53.2 cm³/mol. The van der Waals surface area contributed by atoms with Gasteiger partial charge in [-0.05, 0) is 24.1 Å². The first kappa shape index (κ1) is 9.95. The molecule has 0 amide bonds. The van der Waals surface area contributed by atoms with Crippen LogP contribution in [0.15, 0.2) is 24.3 Å². The smallest absolute Gasteiger partial charge is 0.322 e. The van der Waals surface area contributed by atoms with E-state index in [1.165, 1.54) is 0 Å². The highest BCUT2D eigenvalue weighted by molar-refractivity contribution is 5.73. The Kier molecular flexibility index (Phi) is 2.57. The van der Waals surface area contributed by atoms with Crippen LogP contribution in [0.2, 0.25) is 0 Å². The number of hydrogen-bond donors (Lipinski definition) is 4. The third-order valence-electron chi connectivity index (χ3n) is 2.47.